The van der Waals surface area contributed by atoms with Crippen LogP contribution in [0.4, 0.5) is 0 Å². The zero-order valence-corrected chi connectivity index (χ0v) is 16.8. The molecule has 0 saturated heterocycles. The van der Waals surface area contributed by atoms with Crippen LogP contribution in [0.1, 0.15) is 5.56 Å². The van der Waals surface area contributed by atoms with Crippen molar-refractivity contribution in [1.82, 2.24) is 9.55 Å². The highest BCUT2D eigenvalue weighted by Crippen LogP contribution is 2.31. The van der Waals surface area contributed by atoms with E-state index in [1.165, 1.54) is 7.11 Å². The molecular formula is C20H19ClN2O3S. The maximum Gasteiger partial charge on any atom is 0.250 e. The predicted molar refractivity (Wildman–Crippen MR) is 109 cm³/mol. The first kappa shape index (κ1) is 19.2. The van der Waals surface area contributed by atoms with Crippen LogP contribution in [0.5, 0.6) is 17.4 Å². The minimum Gasteiger partial charge on any atom is -0.497 e. The van der Waals surface area contributed by atoms with E-state index in [4.69, 9.17) is 38.0 Å². The molecule has 0 aliphatic carbocycles. The second-order valence-electron chi connectivity index (χ2n) is 5.73. The summed E-state index contributed by atoms with van der Waals surface area (Å²) in [6.45, 7) is 0.517. The van der Waals surface area contributed by atoms with Crippen molar-refractivity contribution in [3.63, 3.8) is 0 Å². The number of rotatable bonds is 6. The van der Waals surface area contributed by atoms with Gasteiger partial charge in [-0.1, -0.05) is 36.0 Å². The zero-order chi connectivity index (χ0) is 19.4. The molecule has 0 bridgehead atoms. The van der Waals surface area contributed by atoms with Gasteiger partial charge in [-0.3, -0.25) is 0 Å². The van der Waals surface area contributed by atoms with Gasteiger partial charge in [0.25, 0.3) is 5.88 Å². The van der Waals surface area contributed by atoms with Crippen LogP contribution in [-0.2, 0) is 6.54 Å². The molecule has 0 atom stereocenters. The number of nitrogens with zero attached hydrogens (tertiary/aromatic N) is 2. The highest BCUT2D eigenvalue weighted by molar-refractivity contribution is 7.71. The third-order valence-corrected chi connectivity index (χ3v) is 4.81. The number of ether oxygens (including phenoxy) is 3. The fourth-order valence-corrected chi connectivity index (χ4v) is 3.31. The lowest BCUT2D eigenvalue weighted by atomic mass is 10.1. The molecule has 0 amide bonds. The number of hydrogen-bond donors (Lipinski definition) is 0. The highest BCUT2D eigenvalue weighted by Gasteiger charge is 2.16. The molecule has 0 spiro atoms. The first-order valence-electron chi connectivity index (χ1n) is 8.19. The minimum absolute atomic E-state index is 0.319. The van der Waals surface area contributed by atoms with Gasteiger partial charge >= 0.3 is 0 Å². The molecule has 3 rings (SSSR count). The molecule has 140 valence electrons. The van der Waals surface area contributed by atoms with E-state index < -0.39 is 0 Å². The molecule has 2 aromatic carbocycles. The number of halogens is 1. The lowest BCUT2D eigenvalue weighted by Gasteiger charge is -2.17. The first-order valence-corrected chi connectivity index (χ1v) is 8.97. The summed E-state index contributed by atoms with van der Waals surface area (Å²) in [6, 6.07) is 15.4. The molecule has 0 saturated carbocycles. The summed E-state index contributed by atoms with van der Waals surface area (Å²) >= 11 is 12.1. The van der Waals surface area contributed by atoms with Gasteiger partial charge in [-0.15, -0.1) is 0 Å². The average Bonchev–Trinajstić information content (AvgIpc) is 2.71. The minimum atomic E-state index is 0.319. The van der Waals surface area contributed by atoms with Crippen LogP contribution in [0.2, 0.25) is 5.15 Å². The van der Waals surface area contributed by atoms with Crippen molar-refractivity contribution in [3.8, 4) is 28.6 Å². The molecule has 0 N–H and O–H groups in total. The molecule has 0 aliphatic heterocycles. The van der Waals surface area contributed by atoms with Crippen LogP contribution in [0.25, 0.3) is 11.3 Å². The van der Waals surface area contributed by atoms with Crippen LogP contribution in [-0.4, -0.2) is 30.9 Å². The van der Waals surface area contributed by atoms with Crippen molar-refractivity contribution in [2.75, 3.05) is 21.3 Å². The second-order valence-corrected chi connectivity index (χ2v) is 6.47. The Balaban J connectivity index is 2.13. The summed E-state index contributed by atoms with van der Waals surface area (Å²) in [7, 11) is 4.79. The molecule has 5 nitrogen and oxygen atoms in total. The van der Waals surface area contributed by atoms with E-state index in [-0.39, 0.29) is 0 Å². The van der Waals surface area contributed by atoms with Crippen molar-refractivity contribution in [3.05, 3.63) is 63.9 Å². The fourth-order valence-electron chi connectivity index (χ4n) is 2.74. The van der Waals surface area contributed by atoms with Gasteiger partial charge in [0.1, 0.15) is 11.5 Å². The smallest absolute Gasteiger partial charge is 0.250 e. The molecule has 1 heterocycles. The van der Waals surface area contributed by atoms with Crippen molar-refractivity contribution >= 4 is 23.8 Å². The van der Waals surface area contributed by atoms with Gasteiger partial charge < -0.3 is 18.8 Å². The maximum absolute atomic E-state index is 6.50. The largest absolute Gasteiger partial charge is 0.497 e. The summed E-state index contributed by atoms with van der Waals surface area (Å²) in [5.74, 6) is 1.88. The van der Waals surface area contributed by atoms with E-state index in [9.17, 15) is 0 Å². The average molecular weight is 403 g/mol. The summed E-state index contributed by atoms with van der Waals surface area (Å²) in [5.41, 5.74) is 2.66. The monoisotopic (exact) mass is 402 g/mol. The van der Waals surface area contributed by atoms with Crippen molar-refractivity contribution in [2.45, 2.75) is 6.54 Å². The van der Waals surface area contributed by atoms with Crippen LogP contribution in [0.15, 0.2) is 48.5 Å². The Labute approximate surface area is 168 Å². The third kappa shape index (κ3) is 4.07. The molecule has 27 heavy (non-hydrogen) atoms. The Hall–Kier alpha value is -2.57. The van der Waals surface area contributed by atoms with E-state index >= 15 is 0 Å². The molecule has 1 aromatic heterocycles. The summed E-state index contributed by atoms with van der Waals surface area (Å²) in [6.07, 6.45) is 0. The quantitative estimate of drug-likeness (QED) is 0.542. The molecule has 7 heteroatoms. The van der Waals surface area contributed by atoms with Gasteiger partial charge in [0.05, 0.1) is 27.0 Å². The Bertz CT molecular complexity index is 986. The van der Waals surface area contributed by atoms with Crippen LogP contribution >= 0.6 is 23.8 Å². The second kappa shape index (κ2) is 8.41. The Morgan fingerprint density at radius 2 is 1.44 bits per heavy atom. The summed E-state index contributed by atoms with van der Waals surface area (Å²) in [5, 5.41) is 0.319. The predicted octanol–water partition coefficient (Wildman–Crippen LogP) is 5.01. The fraction of sp³-hybridized carbons (Fsp3) is 0.200. The molecular weight excluding hydrogens is 384 g/mol. The zero-order valence-electron chi connectivity index (χ0n) is 15.2. The number of hydrogen-bond acceptors (Lipinski definition) is 5. The van der Waals surface area contributed by atoms with E-state index in [1.54, 1.807) is 14.2 Å². The summed E-state index contributed by atoms with van der Waals surface area (Å²) < 4.78 is 18.2. The number of aromatic nitrogens is 2. The Morgan fingerprint density at radius 3 is 1.96 bits per heavy atom. The van der Waals surface area contributed by atoms with Gasteiger partial charge in [-0.05, 0) is 42.0 Å². The van der Waals surface area contributed by atoms with Crippen molar-refractivity contribution < 1.29 is 14.2 Å². The third-order valence-electron chi connectivity index (χ3n) is 4.15. The van der Waals surface area contributed by atoms with E-state index in [0.29, 0.717) is 22.2 Å². The van der Waals surface area contributed by atoms with Crippen molar-refractivity contribution in [2.24, 2.45) is 0 Å². The highest BCUT2D eigenvalue weighted by atomic mass is 35.5. The number of methoxy groups -OCH3 is 3. The molecule has 0 radical (unpaired) electrons. The van der Waals surface area contributed by atoms with Crippen LogP contribution in [0, 0.1) is 4.64 Å². The van der Waals surface area contributed by atoms with Gasteiger partial charge in [-0.25, -0.2) is 0 Å². The molecule has 3 aromatic rings. The first-order chi connectivity index (χ1) is 13.1. The Kier molecular flexibility index (Phi) is 5.98. The standard InChI is InChI=1S/C20H19ClN2O3S/c1-24-15-8-4-13(5-9-15)12-23-17(14-6-10-16(25-2)11-7-14)18(21)22-19(26-3)20(23)27/h4-11H,12H2,1-3H3. The van der Waals surface area contributed by atoms with Crippen LogP contribution in [0.3, 0.4) is 0 Å². The summed E-state index contributed by atoms with van der Waals surface area (Å²) in [4.78, 5) is 4.31. The normalized spacial score (nSPS) is 10.5. The van der Waals surface area contributed by atoms with E-state index in [0.717, 1.165) is 28.3 Å². The molecule has 0 fully saturated rings. The van der Waals surface area contributed by atoms with E-state index in [1.807, 2.05) is 53.1 Å². The van der Waals surface area contributed by atoms with Gasteiger partial charge in [0, 0.05) is 12.1 Å². The van der Waals surface area contributed by atoms with E-state index in [2.05, 4.69) is 4.98 Å². The Morgan fingerprint density at radius 1 is 0.889 bits per heavy atom. The number of benzene rings is 2. The lowest BCUT2D eigenvalue weighted by molar-refractivity contribution is 0.390. The topological polar surface area (TPSA) is 45.5 Å². The van der Waals surface area contributed by atoms with Crippen LogP contribution < -0.4 is 14.2 Å². The SMILES string of the molecule is COc1ccc(Cn2c(-c3ccc(OC)cc3)c(Cl)nc(OC)c2=S)cc1. The molecule has 0 aliphatic rings. The van der Waals surface area contributed by atoms with Crippen molar-refractivity contribution in [1.29, 1.82) is 0 Å². The molecule has 0 unspecified atom stereocenters. The maximum atomic E-state index is 6.50. The van der Waals surface area contributed by atoms with Gasteiger partial charge in [-0.2, -0.15) is 4.98 Å². The van der Waals surface area contributed by atoms with Gasteiger partial charge in [0.15, 0.2) is 9.79 Å². The lowest BCUT2D eigenvalue weighted by Crippen LogP contribution is -2.10. The van der Waals surface area contributed by atoms with Gasteiger partial charge in [0.2, 0.25) is 0 Å².